The number of carbonyl (C=O) groups is 2. The maximum Gasteiger partial charge on any atom is 0.303 e. The number of benzene rings is 1. The van der Waals surface area contributed by atoms with E-state index >= 15 is 0 Å². The van der Waals surface area contributed by atoms with Gasteiger partial charge in [0.2, 0.25) is 0 Å². The van der Waals surface area contributed by atoms with Crippen LogP contribution in [0, 0.1) is 0 Å². The van der Waals surface area contributed by atoms with E-state index in [1.807, 2.05) is 26.0 Å². The first-order chi connectivity index (χ1) is 9.88. The Labute approximate surface area is 125 Å². The van der Waals surface area contributed by atoms with Crippen molar-refractivity contribution in [3.8, 4) is 0 Å². The average molecular weight is 293 g/mol. The van der Waals surface area contributed by atoms with Crippen molar-refractivity contribution < 1.29 is 19.4 Å². The highest BCUT2D eigenvalue weighted by atomic mass is 16.5. The van der Waals surface area contributed by atoms with Crippen molar-refractivity contribution in [2.24, 2.45) is 0 Å². The van der Waals surface area contributed by atoms with E-state index < -0.39 is 5.97 Å². The molecule has 5 heteroatoms. The molecule has 0 aliphatic rings. The molecule has 0 heterocycles. The lowest BCUT2D eigenvalue weighted by Gasteiger charge is -2.13. The molecule has 2 N–H and O–H groups in total. The number of carboxylic acid groups (broad SMARTS) is 1. The first-order valence-corrected chi connectivity index (χ1v) is 7.11. The van der Waals surface area contributed by atoms with Gasteiger partial charge < -0.3 is 15.2 Å². The minimum absolute atomic E-state index is 0.0485. The molecule has 1 aromatic carbocycles. The Balaban J connectivity index is 2.49. The summed E-state index contributed by atoms with van der Waals surface area (Å²) >= 11 is 0. The van der Waals surface area contributed by atoms with Gasteiger partial charge in [0.25, 0.3) is 5.91 Å². The van der Waals surface area contributed by atoms with Gasteiger partial charge in [0, 0.05) is 18.0 Å². The number of rotatable bonds is 8. The first-order valence-electron chi connectivity index (χ1n) is 7.11. The molecule has 21 heavy (non-hydrogen) atoms. The summed E-state index contributed by atoms with van der Waals surface area (Å²) in [6.07, 6.45) is 0.636. The van der Waals surface area contributed by atoms with Gasteiger partial charge in [-0.05, 0) is 44.9 Å². The van der Waals surface area contributed by atoms with Crippen molar-refractivity contribution in [1.82, 2.24) is 5.32 Å². The molecular weight excluding hydrogens is 270 g/mol. The maximum atomic E-state index is 12.0. The summed E-state index contributed by atoms with van der Waals surface area (Å²) in [4.78, 5) is 22.5. The number of carboxylic acids is 1. The highest BCUT2D eigenvalue weighted by Gasteiger charge is 2.11. The second-order valence-electron chi connectivity index (χ2n) is 5.36. The Morgan fingerprint density at radius 3 is 2.33 bits per heavy atom. The molecule has 0 saturated carbocycles. The minimum Gasteiger partial charge on any atom is -0.481 e. The van der Waals surface area contributed by atoms with Gasteiger partial charge in [-0.15, -0.1) is 0 Å². The second-order valence-corrected chi connectivity index (χ2v) is 5.36. The van der Waals surface area contributed by atoms with Crippen LogP contribution in [0.25, 0.3) is 0 Å². The molecular formula is C16H23NO4. The standard InChI is InChI=1S/C16H23NO4/c1-11(2)21-10-13-5-7-14(8-6-13)16(20)17-12(3)4-9-15(18)19/h5-8,11-12H,4,9-10H2,1-3H3,(H,17,20)(H,18,19). The summed E-state index contributed by atoms with van der Waals surface area (Å²) in [6.45, 7) is 6.26. The fourth-order valence-corrected chi connectivity index (χ4v) is 1.73. The summed E-state index contributed by atoms with van der Waals surface area (Å²) in [5.41, 5.74) is 1.57. The van der Waals surface area contributed by atoms with Crippen LogP contribution in [0.2, 0.25) is 0 Å². The number of hydrogen-bond donors (Lipinski definition) is 2. The number of carbonyl (C=O) groups excluding carboxylic acids is 1. The molecule has 116 valence electrons. The van der Waals surface area contributed by atoms with E-state index in [0.717, 1.165) is 5.56 Å². The molecule has 1 rings (SSSR count). The van der Waals surface area contributed by atoms with Gasteiger partial charge in [-0.25, -0.2) is 0 Å². The Hall–Kier alpha value is -1.88. The zero-order chi connectivity index (χ0) is 15.8. The first kappa shape index (κ1) is 17.2. The van der Waals surface area contributed by atoms with E-state index in [-0.39, 0.29) is 24.5 Å². The smallest absolute Gasteiger partial charge is 0.303 e. The lowest BCUT2D eigenvalue weighted by Crippen LogP contribution is -2.32. The summed E-state index contributed by atoms with van der Waals surface area (Å²) in [6, 6.07) is 7.05. The third-order valence-corrected chi connectivity index (χ3v) is 2.97. The third-order valence-electron chi connectivity index (χ3n) is 2.97. The molecule has 1 unspecified atom stereocenters. The van der Waals surface area contributed by atoms with Crippen molar-refractivity contribution in [2.45, 2.75) is 52.4 Å². The van der Waals surface area contributed by atoms with Crippen LogP contribution in [-0.4, -0.2) is 29.1 Å². The lowest BCUT2D eigenvalue weighted by atomic mass is 10.1. The van der Waals surface area contributed by atoms with Gasteiger partial charge in [-0.1, -0.05) is 12.1 Å². The molecule has 0 aliphatic carbocycles. The van der Waals surface area contributed by atoms with Gasteiger partial charge in [0.15, 0.2) is 0 Å². The van der Waals surface area contributed by atoms with Crippen LogP contribution in [0.1, 0.15) is 49.5 Å². The van der Waals surface area contributed by atoms with Gasteiger partial charge in [0.05, 0.1) is 12.7 Å². The van der Waals surface area contributed by atoms with Crippen LogP contribution in [0.15, 0.2) is 24.3 Å². The van der Waals surface area contributed by atoms with Crippen LogP contribution in [0.3, 0.4) is 0 Å². The molecule has 0 aromatic heterocycles. The third kappa shape index (κ3) is 6.90. The van der Waals surface area contributed by atoms with E-state index in [2.05, 4.69) is 5.32 Å². The molecule has 1 atom stereocenters. The van der Waals surface area contributed by atoms with E-state index in [1.165, 1.54) is 0 Å². The summed E-state index contributed by atoms with van der Waals surface area (Å²) in [7, 11) is 0. The number of nitrogens with one attached hydrogen (secondary N) is 1. The highest BCUT2D eigenvalue weighted by molar-refractivity contribution is 5.94. The maximum absolute atomic E-state index is 12.0. The zero-order valence-electron chi connectivity index (χ0n) is 12.8. The average Bonchev–Trinajstić information content (AvgIpc) is 2.43. The predicted octanol–water partition coefficient (Wildman–Crippen LogP) is 2.59. The molecule has 1 aromatic rings. The number of aliphatic carboxylic acids is 1. The minimum atomic E-state index is -0.856. The summed E-state index contributed by atoms with van der Waals surface area (Å²) in [5, 5.41) is 11.4. The van der Waals surface area contributed by atoms with Crippen LogP contribution >= 0.6 is 0 Å². The molecule has 0 aliphatic heterocycles. The van der Waals surface area contributed by atoms with E-state index in [4.69, 9.17) is 9.84 Å². The highest BCUT2D eigenvalue weighted by Crippen LogP contribution is 2.08. The Morgan fingerprint density at radius 2 is 1.81 bits per heavy atom. The number of amides is 1. The molecule has 0 saturated heterocycles. The summed E-state index contributed by atoms with van der Waals surface area (Å²) in [5.74, 6) is -1.05. The number of ether oxygens (including phenoxy) is 1. The molecule has 0 radical (unpaired) electrons. The van der Waals surface area contributed by atoms with E-state index in [1.54, 1.807) is 19.1 Å². The Bertz CT molecular complexity index is 468. The quantitative estimate of drug-likeness (QED) is 0.772. The predicted molar refractivity (Wildman–Crippen MR) is 80.2 cm³/mol. The number of hydrogen-bond acceptors (Lipinski definition) is 3. The van der Waals surface area contributed by atoms with Gasteiger partial charge >= 0.3 is 5.97 Å². The van der Waals surface area contributed by atoms with Gasteiger partial charge in [-0.3, -0.25) is 9.59 Å². The molecule has 5 nitrogen and oxygen atoms in total. The van der Waals surface area contributed by atoms with Crippen LogP contribution in [0.4, 0.5) is 0 Å². The Morgan fingerprint density at radius 1 is 1.19 bits per heavy atom. The Kier molecular flexibility index (Phi) is 6.88. The van der Waals surface area contributed by atoms with Crippen LogP contribution in [-0.2, 0) is 16.1 Å². The zero-order valence-corrected chi connectivity index (χ0v) is 12.8. The fraction of sp³-hybridized carbons (Fsp3) is 0.500. The van der Waals surface area contributed by atoms with Crippen molar-refractivity contribution in [2.75, 3.05) is 0 Å². The summed E-state index contributed by atoms with van der Waals surface area (Å²) < 4.78 is 5.49. The van der Waals surface area contributed by atoms with Crippen molar-refractivity contribution in [1.29, 1.82) is 0 Å². The normalized spacial score (nSPS) is 12.2. The fourth-order valence-electron chi connectivity index (χ4n) is 1.73. The van der Waals surface area contributed by atoms with Crippen LogP contribution < -0.4 is 5.32 Å². The topological polar surface area (TPSA) is 75.6 Å². The second kappa shape index (κ2) is 8.42. The lowest BCUT2D eigenvalue weighted by molar-refractivity contribution is -0.137. The SMILES string of the molecule is CC(CCC(=O)O)NC(=O)c1ccc(COC(C)C)cc1. The van der Waals surface area contributed by atoms with Crippen molar-refractivity contribution in [3.05, 3.63) is 35.4 Å². The monoisotopic (exact) mass is 293 g/mol. The van der Waals surface area contributed by atoms with E-state index in [0.29, 0.717) is 18.6 Å². The van der Waals surface area contributed by atoms with Crippen molar-refractivity contribution in [3.63, 3.8) is 0 Å². The van der Waals surface area contributed by atoms with Gasteiger partial charge in [0.1, 0.15) is 0 Å². The van der Waals surface area contributed by atoms with Crippen LogP contribution in [0.5, 0.6) is 0 Å². The van der Waals surface area contributed by atoms with E-state index in [9.17, 15) is 9.59 Å². The van der Waals surface area contributed by atoms with Crippen molar-refractivity contribution >= 4 is 11.9 Å². The molecule has 0 bridgehead atoms. The largest absolute Gasteiger partial charge is 0.481 e. The molecule has 0 spiro atoms. The molecule has 0 fully saturated rings. The molecule has 1 amide bonds. The van der Waals surface area contributed by atoms with Gasteiger partial charge in [-0.2, -0.15) is 0 Å².